The van der Waals surface area contributed by atoms with Crippen molar-refractivity contribution in [3.05, 3.63) is 17.9 Å². The summed E-state index contributed by atoms with van der Waals surface area (Å²) in [5.41, 5.74) is 0.0606. The molecule has 7 heteroatoms. The Morgan fingerprint density at radius 3 is 2.41 bits per heavy atom. The standard InChI is InChI=1S/C10H14BrO5P/c1-3-14-17(13,15-4-2)10-6-5-9(16-10)8(12)7-11/h5-6H,3-4,7H2,1-2H3. The molecule has 1 aromatic rings. The van der Waals surface area contributed by atoms with E-state index >= 15 is 0 Å². The number of carbonyl (C=O) groups is 1. The summed E-state index contributed by atoms with van der Waals surface area (Å²) in [6.07, 6.45) is 0. The molecule has 0 N–H and O–H groups in total. The van der Waals surface area contributed by atoms with Gasteiger partial charge in [0.25, 0.3) is 0 Å². The van der Waals surface area contributed by atoms with Crippen LogP contribution in [0, 0.1) is 0 Å². The van der Waals surface area contributed by atoms with Crippen molar-refractivity contribution in [3.63, 3.8) is 0 Å². The van der Waals surface area contributed by atoms with E-state index < -0.39 is 7.60 Å². The van der Waals surface area contributed by atoms with Gasteiger partial charge in [0.05, 0.1) is 18.5 Å². The van der Waals surface area contributed by atoms with Crippen LogP contribution < -0.4 is 5.50 Å². The third-order valence-electron chi connectivity index (χ3n) is 1.86. The molecule has 0 saturated heterocycles. The van der Waals surface area contributed by atoms with E-state index in [4.69, 9.17) is 13.5 Å². The second-order valence-electron chi connectivity index (χ2n) is 3.03. The molecule has 1 heterocycles. The number of halogens is 1. The van der Waals surface area contributed by atoms with Crippen LogP contribution in [0.2, 0.25) is 0 Å². The molecule has 0 radical (unpaired) electrons. The van der Waals surface area contributed by atoms with E-state index in [2.05, 4.69) is 15.9 Å². The lowest BCUT2D eigenvalue weighted by molar-refractivity contribution is 0.0994. The summed E-state index contributed by atoms with van der Waals surface area (Å²) in [4.78, 5) is 11.4. The summed E-state index contributed by atoms with van der Waals surface area (Å²) in [6, 6.07) is 2.91. The second-order valence-corrected chi connectivity index (χ2v) is 5.54. The Labute approximate surface area is 108 Å². The fourth-order valence-corrected chi connectivity index (χ4v) is 2.95. The van der Waals surface area contributed by atoms with Crippen LogP contribution in [0.15, 0.2) is 16.5 Å². The highest BCUT2D eigenvalue weighted by atomic mass is 79.9. The van der Waals surface area contributed by atoms with Crippen LogP contribution in [0.3, 0.4) is 0 Å². The summed E-state index contributed by atoms with van der Waals surface area (Å²) in [5.74, 6) is -0.0905. The molecule has 0 unspecified atom stereocenters. The van der Waals surface area contributed by atoms with E-state index in [0.29, 0.717) is 0 Å². The maximum absolute atomic E-state index is 12.3. The van der Waals surface area contributed by atoms with Gasteiger partial charge in [-0.25, -0.2) is 0 Å². The van der Waals surface area contributed by atoms with E-state index in [1.54, 1.807) is 13.8 Å². The van der Waals surface area contributed by atoms with E-state index in [9.17, 15) is 9.36 Å². The van der Waals surface area contributed by atoms with Crippen LogP contribution >= 0.6 is 23.5 Å². The Hall–Kier alpha value is -0.420. The maximum atomic E-state index is 12.3. The fourth-order valence-electron chi connectivity index (χ4n) is 1.20. The Morgan fingerprint density at radius 1 is 1.35 bits per heavy atom. The van der Waals surface area contributed by atoms with Crippen molar-refractivity contribution in [3.8, 4) is 0 Å². The molecule has 96 valence electrons. The zero-order valence-electron chi connectivity index (χ0n) is 9.64. The molecule has 0 aliphatic rings. The van der Waals surface area contributed by atoms with E-state index in [1.165, 1.54) is 12.1 Å². The summed E-state index contributed by atoms with van der Waals surface area (Å²) >= 11 is 3.03. The smallest absolute Gasteiger partial charge is 0.396 e. The minimum absolute atomic E-state index is 0.0606. The van der Waals surface area contributed by atoms with E-state index in [1.807, 2.05) is 0 Å². The Balaban J connectivity index is 3.00. The van der Waals surface area contributed by atoms with Gasteiger partial charge in [-0.1, -0.05) is 15.9 Å². The van der Waals surface area contributed by atoms with Gasteiger partial charge in [-0.2, -0.15) is 0 Å². The number of alkyl halides is 1. The van der Waals surface area contributed by atoms with Gasteiger partial charge in [0, 0.05) is 0 Å². The highest BCUT2D eigenvalue weighted by Gasteiger charge is 2.31. The fraction of sp³-hybridized carbons (Fsp3) is 0.500. The van der Waals surface area contributed by atoms with Crippen molar-refractivity contribution in [1.29, 1.82) is 0 Å². The number of hydrogen-bond donors (Lipinski definition) is 0. The maximum Gasteiger partial charge on any atom is 0.396 e. The lowest BCUT2D eigenvalue weighted by atomic mass is 10.3. The predicted octanol–water partition coefficient (Wildman–Crippen LogP) is 2.75. The third kappa shape index (κ3) is 3.52. The molecule has 0 amide bonds. The quantitative estimate of drug-likeness (QED) is 0.438. The summed E-state index contributed by atoms with van der Waals surface area (Å²) < 4.78 is 27.7. The van der Waals surface area contributed by atoms with Crippen molar-refractivity contribution in [1.82, 2.24) is 0 Å². The number of carbonyl (C=O) groups excluding carboxylic acids is 1. The normalized spacial score (nSPS) is 11.7. The molecule has 1 rings (SSSR count). The molecule has 0 fully saturated rings. The first kappa shape index (κ1) is 14.6. The zero-order chi connectivity index (χ0) is 12.9. The SMILES string of the molecule is CCOP(=O)(OCC)c1ccc(C(=O)CBr)o1. The number of furan rings is 1. The Bertz CT molecular complexity index is 418. The molecule has 0 aromatic carbocycles. The first-order valence-corrected chi connectivity index (χ1v) is 7.82. The Kier molecular flexibility index (Phi) is 5.59. The molecule has 0 aliphatic heterocycles. The summed E-state index contributed by atoms with van der Waals surface area (Å²) in [7, 11) is -3.44. The molecule has 1 aromatic heterocycles. The van der Waals surface area contributed by atoms with Crippen molar-refractivity contribution < 1.29 is 22.8 Å². The van der Waals surface area contributed by atoms with Crippen LogP contribution in [0.5, 0.6) is 0 Å². The first-order valence-electron chi connectivity index (χ1n) is 5.16. The topological polar surface area (TPSA) is 65.7 Å². The van der Waals surface area contributed by atoms with Gasteiger partial charge in [0.1, 0.15) is 0 Å². The average molecular weight is 325 g/mol. The second kappa shape index (κ2) is 6.50. The van der Waals surface area contributed by atoms with Crippen molar-refractivity contribution in [2.45, 2.75) is 13.8 Å². The molecule has 5 nitrogen and oxygen atoms in total. The van der Waals surface area contributed by atoms with Crippen molar-refractivity contribution in [2.75, 3.05) is 18.5 Å². The monoisotopic (exact) mass is 324 g/mol. The van der Waals surface area contributed by atoms with Gasteiger partial charge >= 0.3 is 7.60 Å². The van der Waals surface area contributed by atoms with Gasteiger partial charge in [0.15, 0.2) is 5.76 Å². The van der Waals surface area contributed by atoms with Gasteiger partial charge < -0.3 is 13.5 Å². The molecule has 17 heavy (non-hydrogen) atoms. The largest absolute Gasteiger partial charge is 0.445 e. The van der Waals surface area contributed by atoms with Crippen LogP contribution in [-0.2, 0) is 13.6 Å². The minimum atomic E-state index is -3.44. The zero-order valence-corrected chi connectivity index (χ0v) is 12.1. The lowest BCUT2D eigenvalue weighted by Gasteiger charge is -2.13. The highest BCUT2D eigenvalue weighted by Crippen LogP contribution is 2.47. The highest BCUT2D eigenvalue weighted by molar-refractivity contribution is 9.09. The number of hydrogen-bond acceptors (Lipinski definition) is 5. The van der Waals surface area contributed by atoms with Crippen molar-refractivity contribution >= 4 is 34.8 Å². The van der Waals surface area contributed by atoms with E-state index in [0.717, 1.165) is 0 Å². The number of ketones is 1. The molecule has 0 atom stereocenters. The van der Waals surface area contributed by atoms with Crippen molar-refractivity contribution in [2.24, 2.45) is 0 Å². The van der Waals surface area contributed by atoms with Crippen LogP contribution in [0.25, 0.3) is 0 Å². The van der Waals surface area contributed by atoms with Gasteiger partial charge in [0.2, 0.25) is 11.3 Å². The van der Waals surface area contributed by atoms with Crippen LogP contribution in [-0.4, -0.2) is 24.3 Å². The molecular formula is C10H14BrO5P. The minimum Gasteiger partial charge on any atom is -0.445 e. The van der Waals surface area contributed by atoms with E-state index in [-0.39, 0.29) is 35.6 Å². The predicted molar refractivity (Wildman–Crippen MR) is 67.3 cm³/mol. The number of rotatable bonds is 7. The van der Waals surface area contributed by atoms with Gasteiger partial charge in [-0.15, -0.1) is 0 Å². The molecule has 0 aliphatic carbocycles. The Morgan fingerprint density at radius 2 is 1.94 bits per heavy atom. The van der Waals surface area contributed by atoms with Gasteiger partial charge in [-0.05, 0) is 26.0 Å². The molecule has 0 bridgehead atoms. The van der Waals surface area contributed by atoms with Gasteiger partial charge in [-0.3, -0.25) is 9.36 Å². The van der Waals surface area contributed by atoms with Crippen LogP contribution in [0.1, 0.15) is 24.4 Å². The molecular weight excluding hydrogens is 311 g/mol. The first-order chi connectivity index (χ1) is 8.07. The van der Waals surface area contributed by atoms with Crippen LogP contribution in [0.4, 0.5) is 0 Å². The summed E-state index contributed by atoms with van der Waals surface area (Å²) in [6.45, 7) is 3.89. The lowest BCUT2D eigenvalue weighted by Crippen LogP contribution is -2.09. The molecule has 0 saturated carbocycles. The summed E-state index contributed by atoms with van der Waals surface area (Å²) in [5, 5.41) is 0.146. The third-order valence-corrected chi connectivity index (χ3v) is 4.34. The average Bonchev–Trinajstić information content (AvgIpc) is 2.78. The molecule has 0 spiro atoms. The number of Topliss-reactive ketones (excluding diaryl/α,β-unsaturated/α-hetero) is 1.